The van der Waals surface area contributed by atoms with Crippen LogP contribution in [0.1, 0.15) is 27.4 Å². The molecule has 0 fully saturated rings. The summed E-state index contributed by atoms with van der Waals surface area (Å²) in [6, 6.07) is 15.3. The van der Waals surface area contributed by atoms with Crippen molar-refractivity contribution in [2.75, 3.05) is 7.05 Å². The van der Waals surface area contributed by atoms with E-state index >= 15 is 0 Å². The highest BCUT2D eigenvalue weighted by atomic mass is 32.2. The Balaban J connectivity index is 1.44. The molecule has 0 saturated heterocycles. The lowest BCUT2D eigenvalue weighted by Gasteiger charge is -2.17. The smallest absolute Gasteiger partial charge is 0.256 e. The molecule has 0 unspecified atom stereocenters. The van der Waals surface area contributed by atoms with Gasteiger partial charge in [0, 0.05) is 43.4 Å². The monoisotopic (exact) mass is 419 g/mol. The first-order valence-corrected chi connectivity index (χ1v) is 10.4. The number of amides is 1. The highest BCUT2D eigenvalue weighted by molar-refractivity contribution is 7.98. The van der Waals surface area contributed by atoms with Crippen LogP contribution >= 0.6 is 11.8 Å². The van der Waals surface area contributed by atoms with Crippen LogP contribution in [-0.2, 0) is 12.3 Å². The van der Waals surface area contributed by atoms with Crippen LogP contribution in [0, 0.1) is 6.92 Å². The summed E-state index contributed by atoms with van der Waals surface area (Å²) in [7, 11) is 1.78. The standard InChI is InChI=1S/C22H21N5O2S/c1-16-11-18(25-29-16)15-30-21-20(9-6-10-23-21)22(28)26(2)13-17-12-24-27(14-17)19-7-4-3-5-8-19/h3-12,14H,13,15H2,1-2H3. The third-order valence-electron chi connectivity index (χ3n) is 4.46. The largest absolute Gasteiger partial charge is 0.361 e. The van der Waals surface area contributed by atoms with E-state index in [9.17, 15) is 4.79 Å². The van der Waals surface area contributed by atoms with E-state index in [-0.39, 0.29) is 5.91 Å². The SMILES string of the molecule is Cc1cc(CSc2ncccc2C(=O)N(C)Cc2cnn(-c3ccccc3)c2)no1. The Labute approximate surface area is 178 Å². The van der Waals surface area contributed by atoms with Crippen molar-refractivity contribution in [3.8, 4) is 5.69 Å². The molecule has 4 aromatic rings. The summed E-state index contributed by atoms with van der Waals surface area (Å²) in [6.45, 7) is 2.30. The Kier molecular flexibility index (Phi) is 5.94. The van der Waals surface area contributed by atoms with E-state index < -0.39 is 0 Å². The molecule has 0 atom stereocenters. The van der Waals surface area contributed by atoms with E-state index in [1.807, 2.05) is 49.5 Å². The Bertz CT molecular complexity index is 1140. The number of rotatable bonds is 7. The van der Waals surface area contributed by atoms with Crippen molar-refractivity contribution in [2.45, 2.75) is 24.2 Å². The molecule has 0 aliphatic heterocycles. The molecule has 3 heterocycles. The first kappa shape index (κ1) is 19.9. The molecule has 7 nitrogen and oxygen atoms in total. The van der Waals surface area contributed by atoms with Gasteiger partial charge >= 0.3 is 0 Å². The van der Waals surface area contributed by atoms with Crippen molar-refractivity contribution in [3.05, 3.63) is 89.7 Å². The first-order chi connectivity index (χ1) is 14.6. The fourth-order valence-electron chi connectivity index (χ4n) is 3.01. The minimum Gasteiger partial charge on any atom is -0.361 e. The molecule has 8 heteroatoms. The van der Waals surface area contributed by atoms with Crippen molar-refractivity contribution in [1.29, 1.82) is 0 Å². The van der Waals surface area contributed by atoms with Crippen molar-refractivity contribution < 1.29 is 9.32 Å². The Morgan fingerprint density at radius 2 is 2.03 bits per heavy atom. The van der Waals surface area contributed by atoms with Gasteiger partial charge in [-0.1, -0.05) is 35.1 Å². The number of hydrogen-bond donors (Lipinski definition) is 0. The highest BCUT2D eigenvalue weighted by Gasteiger charge is 2.18. The predicted molar refractivity (Wildman–Crippen MR) is 114 cm³/mol. The summed E-state index contributed by atoms with van der Waals surface area (Å²) in [5.74, 6) is 1.26. The number of aromatic nitrogens is 4. The quantitative estimate of drug-likeness (QED) is 0.419. The maximum Gasteiger partial charge on any atom is 0.256 e. The van der Waals surface area contributed by atoms with Gasteiger partial charge in [0.1, 0.15) is 10.8 Å². The molecule has 0 saturated carbocycles. The number of carbonyl (C=O) groups excluding carboxylic acids is 1. The molecular formula is C22H21N5O2S. The molecule has 0 aliphatic carbocycles. The van der Waals surface area contributed by atoms with Crippen LogP contribution in [0.25, 0.3) is 5.69 Å². The van der Waals surface area contributed by atoms with E-state index in [1.54, 1.807) is 41.2 Å². The fourth-order valence-corrected chi connectivity index (χ4v) is 3.88. The fraction of sp³-hybridized carbons (Fsp3) is 0.182. The molecule has 1 amide bonds. The highest BCUT2D eigenvalue weighted by Crippen LogP contribution is 2.25. The second-order valence-corrected chi connectivity index (χ2v) is 7.83. The lowest BCUT2D eigenvalue weighted by Crippen LogP contribution is -2.26. The second-order valence-electron chi connectivity index (χ2n) is 6.86. The summed E-state index contributed by atoms with van der Waals surface area (Å²) in [5, 5.41) is 9.07. The van der Waals surface area contributed by atoms with Crippen LogP contribution < -0.4 is 0 Å². The van der Waals surface area contributed by atoms with Gasteiger partial charge in [-0.3, -0.25) is 4.79 Å². The molecule has 0 radical (unpaired) electrons. The van der Waals surface area contributed by atoms with Gasteiger partial charge in [-0.05, 0) is 31.2 Å². The minimum atomic E-state index is -0.0885. The van der Waals surface area contributed by atoms with E-state index in [0.717, 1.165) is 22.7 Å². The maximum absolute atomic E-state index is 13.1. The van der Waals surface area contributed by atoms with Crippen LogP contribution in [0.5, 0.6) is 0 Å². The number of pyridine rings is 1. The zero-order chi connectivity index (χ0) is 20.9. The van der Waals surface area contributed by atoms with E-state index in [1.165, 1.54) is 11.8 Å². The Morgan fingerprint density at radius 3 is 2.80 bits per heavy atom. The Morgan fingerprint density at radius 1 is 1.20 bits per heavy atom. The van der Waals surface area contributed by atoms with Gasteiger partial charge in [-0.15, -0.1) is 0 Å². The van der Waals surface area contributed by atoms with E-state index in [4.69, 9.17) is 4.52 Å². The van der Waals surface area contributed by atoms with Crippen molar-refractivity contribution >= 4 is 17.7 Å². The maximum atomic E-state index is 13.1. The molecule has 0 N–H and O–H groups in total. The minimum absolute atomic E-state index is 0.0885. The number of benzene rings is 1. The number of aryl methyl sites for hydroxylation is 1. The topological polar surface area (TPSA) is 77.1 Å². The molecule has 0 bridgehead atoms. The zero-order valence-electron chi connectivity index (χ0n) is 16.7. The van der Waals surface area contributed by atoms with Gasteiger partial charge in [0.05, 0.1) is 23.1 Å². The second kappa shape index (κ2) is 8.96. The predicted octanol–water partition coefficient (Wildman–Crippen LogP) is 4.13. The molecule has 0 aliphatic rings. The number of thioether (sulfide) groups is 1. The summed E-state index contributed by atoms with van der Waals surface area (Å²) >= 11 is 1.47. The summed E-state index contributed by atoms with van der Waals surface area (Å²) in [5.41, 5.74) is 3.32. The van der Waals surface area contributed by atoms with E-state index in [0.29, 0.717) is 22.9 Å². The molecule has 30 heavy (non-hydrogen) atoms. The van der Waals surface area contributed by atoms with Crippen molar-refractivity contribution in [1.82, 2.24) is 24.8 Å². The van der Waals surface area contributed by atoms with Crippen LogP contribution in [0.3, 0.4) is 0 Å². The van der Waals surface area contributed by atoms with Gasteiger partial charge < -0.3 is 9.42 Å². The normalized spacial score (nSPS) is 10.9. The van der Waals surface area contributed by atoms with Gasteiger partial charge in [-0.25, -0.2) is 9.67 Å². The molecule has 0 spiro atoms. The first-order valence-electron chi connectivity index (χ1n) is 9.44. The molecular weight excluding hydrogens is 398 g/mol. The van der Waals surface area contributed by atoms with Crippen LogP contribution in [-0.4, -0.2) is 37.8 Å². The number of para-hydroxylation sites is 1. The number of hydrogen-bond acceptors (Lipinski definition) is 6. The zero-order valence-corrected chi connectivity index (χ0v) is 17.5. The molecule has 4 rings (SSSR count). The lowest BCUT2D eigenvalue weighted by atomic mass is 10.2. The van der Waals surface area contributed by atoms with Gasteiger partial charge in [0.15, 0.2) is 0 Å². The summed E-state index contributed by atoms with van der Waals surface area (Å²) < 4.78 is 6.91. The third kappa shape index (κ3) is 4.60. The Hall–Kier alpha value is -3.39. The molecule has 1 aromatic carbocycles. The van der Waals surface area contributed by atoms with Gasteiger partial charge in [-0.2, -0.15) is 5.10 Å². The average Bonchev–Trinajstić information content (AvgIpc) is 3.41. The third-order valence-corrected chi connectivity index (χ3v) is 5.50. The summed E-state index contributed by atoms with van der Waals surface area (Å²) in [6.07, 6.45) is 5.41. The van der Waals surface area contributed by atoms with E-state index in [2.05, 4.69) is 15.2 Å². The van der Waals surface area contributed by atoms with Crippen LogP contribution in [0.15, 0.2) is 76.7 Å². The molecule has 3 aromatic heterocycles. The average molecular weight is 420 g/mol. The lowest BCUT2D eigenvalue weighted by molar-refractivity contribution is 0.0781. The van der Waals surface area contributed by atoms with Crippen molar-refractivity contribution in [2.24, 2.45) is 0 Å². The van der Waals surface area contributed by atoms with Gasteiger partial charge in [0.25, 0.3) is 5.91 Å². The van der Waals surface area contributed by atoms with Gasteiger partial charge in [0.2, 0.25) is 0 Å². The van der Waals surface area contributed by atoms with Crippen molar-refractivity contribution in [3.63, 3.8) is 0 Å². The summed E-state index contributed by atoms with van der Waals surface area (Å²) in [4.78, 5) is 19.1. The number of carbonyl (C=O) groups is 1. The van der Waals surface area contributed by atoms with Crippen LogP contribution in [0.4, 0.5) is 0 Å². The van der Waals surface area contributed by atoms with Crippen LogP contribution in [0.2, 0.25) is 0 Å². The number of nitrogens with zero attached hydrogens (tertiary/aromatic N) is 5. The molecule has 152 valence electrons.